The second-order valence-electron chi connectivity index (χ2n) is 21.3. The molecular weight excluding hydrogens is 993 g/mol. The summed E-state index contributed by atoms with van der Waals surface area (Å²) in [6.45, 7) is 14.2. The lowest BCUT2D eigenvalue weighted by atomic mass is 9.76. The van der Waals surface area contributed by atoms with Crippen LogP contribution in [0, 0.1) is 23.2 Å². The largest absolute Gasteiger partial charge is 0.478 e. The standard InChI is InChI=1S/C60H74N8O10/c1-38(2)51(65-48(69)24-15-16-25-50(71)68-36-43-20-12-11-18-41(43)28-29-42-19-13-14-23-47(42)68)54(72)62-35-49(70)63-45-30-26-40(27-31-45)37-78-58(77)64-46-22-17-21-44(34-46)60(7,8)52(61-9)55(73)66-53(59(4,5)6)56(74)67(10)33-32-39(3)57(75)76/h11-14,17-23,26-27,30-32,34,38,51-53,61H,15-16,24-25,33,35-37H2,1-10H3,(H,62,72)(H,63,70)(H,64,77)(H,65,69)(H,66,73)(H,75,76)/b39-32+. The van der Waals surface area contributed by atoms with Crippen molar-refractivity contribution in [1.29, 1.82) is 0 Å². The van der Waals surface area contributed by atoms with Crippen LogP contribution < -0.4 is 36.8 Å². The third-order valence-corrected chi connectivity index (χ3v) is 13.4. The highest BCUT2D eigenvalue weighted by Gasteiger charge is 2.41. The van der Waals surface area contributed by atoms with Gasteiger partial charge in [-0.05, 0) is 97.3 Å². The minimum Gasteiger partial charge on any atom is -0.478 e. The van der Waals surface area contributed by atoms with E-state index in [0.29, 0.717) is 41.9 Å². The Balaban J connectivity index is 1.05. The highest BCUT2D eigenvalue weighted by atomic mass is 16.5. The average molecular weight is 1070 g/mol. The number of amides is 7. The summed E-state index contributed by atoms with van der Waals surface area (Å²) in [6, 6.07) is 26.2. The number of carboxylic acid groups (broad SMARTS) is 1. The van der Waals surface area contributed by atoms with Crippen LogP contribution in [-0.2, 0) is 56.9 Å². The highest BCUT2D eigenvalue weighted by Crippen LogP contribution is 2.31. The molecule has 0 radical (unpaired) electrons. The van der Waals surface area contributed by atoms with Crippen molar-refractivity contribution in [1.82, 2.24) is 26.2 Å². The van der Waals surface area contributed by atoms with Gasteiger partial charge < -0.3 is 46.2 Å². The molecular formula is C60H74N8O10. The molecule has 414 valence electrons. The molecule has 0 aromatic heterocycles. The molecule has 18 nitrogen and oxygen atoms in total. The smallest absolute Gasteiger partial charge is 0.411 e. The molecule has 1 heterocycles. The lowest BCUT2D eigenvalue weighted by Gasteiger charge is -2.38. The normalized spacial score (nSPS) is 13.3. The van der Waals surface area contributed by atoms with E-state index in [1.807, 2.05) is 89.2 Å². The number of nitrogens with one attached hydrogen (secondary N) is 6. The summed E-state index contributed by atoms with van der Waals surface area (Å²) in [6.07, 6.45) is 1.93. The monoisotopic (exact) mass is 1070 g/mol. The first-order chi connectivity index (χ1) is 36.9. The van der Waals surface area contributed by atoms with Gasteiger partial charge in [0.25, 0.3) is 0 Å². The summed E-state index contributed by atoms with van der Waals surface area (Å²) in [5, 5.41) is 26.1. The molecule has 7 N–H and O–H groups in total. The third-order valence-electron chi connectivity index (χ3n) is 13.4. The highest BCUT2D eigenvalue weighted by molar-refractivity contribution is 5.97. The molecule has 4 aromatic carbocycles. The van der Waals surface area contributed by atoms with E-state index in [1.165, 1.54) is 17.9 Å². The Labute approximate surface area is 457 Å². The number of carboxylic acids is 1. The second kappa shape index (κ2) is 27.7. The minimum absolute atomic E-state index is 0.0466. The molecule has 3 unspecified atom stereocenters. The van der Waals surface area contributed by atoms with E-state index in [1.54, 1.807) is 75.3 Å². The minimum atomic E-state index is -1.09. The van der Waals surface area contributed by atoms with Gasteiger partial charge in [0.1, 0.15) is 18.7 Å². The fourth-order valence-electron chi connectivity index (χ4n) is 8.68. The van der Waals surface area contributed by atoms with Crippen LogP contribution in [0.3, 0.4) is 0 Å². The SMILES string of the molecule is CNC(C(=O)NC(C(=O)N(C)C/C=C(\C)C(=O)O)C(C)(C)C)C(C)(C)c1cccc(NC(=O)OCc2ccc(NC(=O)CNC(=O)C(NC(=O)CCCCC(=O)N3Cc4ccccc4C#Cc4ccccc43)C(C)C)cc2)c1. The topological polar surface area (TPSA) is 245 Å². The molecule has 1 aliphatic heterocycles. The number of benzene rings is 4. The summed E-state index contributed by atoms with van der Waals surface area (Å²) >= 11 is 0. The lowest BCUT2D eigenvalue weighted by molar-refractivity contribution is -0.139. The van der Waals surface area contributed by atoms with E-state index in [-0.39, 0.29) is 61.8 Å². The van der Waals surface area contributed by atoms with Gasteiger partial charge in [-0.15, -0.1) is 0 Å². The number of fused-ring (bicyclic) bond motifs is 2. The number of rotatable bonds is 23. The molecule has 0 spiro atoms. The molecule has 3 atom stereocenters. The number of anilines is 3. The Morgan fingerprint density at radius 2 is 1.41 bits per heavy atom. The van der Waals surface area contributed by atoms with Crippen LogP contribution in [0.25, 0.3) is 0 Å². The molecule has 4 aromatic rings. The summed E-state index contributed by atoms with van der Waals surface area (Å²) in [5.41, 5.74) is 4.05. The Morgan fingerprint density at radius 3 is 2.08 bits per heavy atom. The van der Waals surface area contributed by atoms with Crippen LogP contribution in [0.5, 0.6) is 0 Å². The van der Waals surface area contributed by atoms with E-state index in [0.717, 1.165) is 22.4 Å². The van der Waals surface area contributed by atoms with E-state index in [9.17, 15) is 43.5 Å². The molecule has 0 fully saturated rings. The second-order valence-corrected chi connectivity index (χ2v) is 21.3. The molecule has 1 aliphatic rings. The van der Waals surface area contributed by atoms with Crippen molar-refractivity contribution in [2.45, 2.75) is 118 Å². The summed E-state index contributed by atoms with van der Waals surface area (Å²) < 4.78 is 5.49. The number of para-hydroxylation sites is 1. The van der Waals surface area contributed by atoms with Crippen LogP contribution in [0.4, 0.5) is 21.9 Å². The first-order valence-electron chi connectivity index (χ1n) is 26.0. The van der Waals surface area contributed by atoms with Crippen LogP contribution in [-0.4, -0.2) is 103 Å². The Morgan fingerprint density at radius 1 is 0.756 bits per heavy atom. The number of carbonyl (C=O) groups is 8. The molecule has 7 amide bonds. The Bertz CT molecular complexity index is 2930. The predicted octanol–water partition coefficient (Wildman–Crippen LogP) is 7.02. The van der Waals surface area contributed by atoms with Gasteiger partial charge in [-0.2, -0.15) is 0 Å². The first kappa shape index (κ1) is 60.6. The van der Waals surface area contributed by atoms with Crippen molar-refractivity contribution in [2.24, 2.45) is 11.3 Å². The van der Waals surface area contributed by atoms with Gasteiger partial charge in [-0.25, -0.2) is 9.59 Å². The van der Waals surface area contributed by atoms with Crippen molar-refractivity contribution in [2.75, 3.05) is 42.7 Å². The van der Waals surface area contributed by atoms with Crippen LogP contribution >= 0.6 is 0 Å². The number of hydrogen-bond donors (Lipinski definition) is 7. The molecule has 18 heteroatoms. The maximum absolute atomic E-state index is 14.0. The Kier molecular flexibility index (Phi) is 21.5. The fraction of sp³-hybridized carbons (Fsp3) is 0.400. The first-order valence-corrected chi connectivity index (χ1v) is 26.0. The van der Waals surface area contributed by atoms with Crippen LogP contribution in [0.15, 0.2) is 109 Å². The van der Waals surface area contributed by atoms with E-state index in [2.05, 4.69) is 43.7 Å². The van der Waals surface area contributed by atoms with Crippen molar-refractivity contribution in [3.8, 4) is 11.8 Å². The fourth-order valence-corrected chi connectivity index (χ4v) is 8.68. The van der Waals surface area contributed by atoms with Gasteiger partial charge in [-0.3, -0.25) is 34.1 Å². The number of carbonyl (C=O) groups excluding carboxylic acids is 7. The summed E-state index contributed by atoms with van der Waals surface area (Å²) in [5.74, 6) is 2.81. The number of ether oxygens (including phenoxy) is 1. The number of aliphatic carboxylic acids is 1. The van der Waals surface area contributed by atoms with Gasteiger partial charge in [0.15, 0.2) is 0 Å². The third kappa shape index (κ3) is 17.1. The van der Waals surface area contributed by atoms with Gasteiger partial charge in [-0.1, -0.05) is 121 Å². The van der Waals surface area contributed by atoms with E-state index in [4.69, 9.17) is 4.74 Å². The predicted molar refractivity (Wildman–Crippen MR) is 300 cm³/mol. The lowest BCUT2D eigenvalue weighted by Crippen LogP contribution is -2.60. The quantitative estimate of drug-likeness (QED) is 0.0226. The van der Waals surface area contributed by atoms with Gasteiger partial charge in [0.2, 0.25) is 35.4 Å². The van der Waals surface area contributed by atoms with Crippen LogP contribution in [0.2, 0.25) is 0 Å². The molecule has 0 saturated heterocycles. The molecule has 0 bridgehead atoms. The van der Waals surface area contributed by atoms with Crippen LogP contribution in [0.1, 0.15) is 109 Å². The summed E-state index contributed by atoms with van der Waals surface area (Å²) in [7, 11) is 3.19. The Hall–Kier alpha value is -8.30. The van der Waals surface area contributed by atoms with Gasteiger partial charge >= 0.3 is 12.1 Å². The maximum Gasteiger partial charge on any atom is 0.411 e. The van der Waals surface area contributed by atoms with Crippen molar-refractivity contribution in [3.05, 3.63) is 137 Å². The zero-order valence-electron chi connectivity index (χ0n) is 46.3. The number of nitrogens with zero attached hydrogens (tertiary/aromatic N) is 2. The zero-order chi connectivity index (χ0) is 57.3. The van der Waals surface area contributed by atoms with Gasteiger partial charge in [0.05, 0.1) is 24.8 Å². The number of likely N-dealkylation sites (N-methyl/N-ethyl adjacent to an activating group) is 2. The summed E-state index contributed by atoms with van der Waals surface area (Å²) in [4.78, 5) is 108. The number of unbranched alkanes of at least 4 members (excludes halogenated alkanes) is 1. The maximum atomic E-state index is 14.0. The molecule has 0 saturated carbocycles. The average Bonchev–Trinajstić information content (AvgIpc) is 3.44. The van der Waals surface area contributed by atoms with E-state index < -0.39 is 58.7 Å². The number of hydrogen-bond acceptors (Lipinski definition) is 10. The molecule has 5 rings (SSSR count). The van der Waals surface area contributed by atoms with E-state index >= 15 is 0 Å². The zero-order valence-corrected chi connectivity index (χ0v) is 46.3. The van der Waals surface area contributed by atoms with Gasteiger partial charge in [0, 0.05) is 59.9 Å². The van der Waals surface area contributed by atoms with Crippen molar-refractivity contribution >= 4 is 64.6 Å². The van der Waals surface area contributed by atoms with Crippen molar-refractivity contribution in [3.63, 3.8) is 0 Å². The van der Waals surface area contributed by atoms with Crippen molar-refractivity contribution < 1.29 is 48.2 Å². The molecule has 78 heavy (non-hydrogen) atoms. The molecule has 0 aliphatic carbocycles.